The summed E-state index contributed by atoms with van der Waals surface area (Å²) in [6, 6.07) is 5.06. The third-order valence-electron chi connectivity index (χ3n) is 4.66. The van der Waals surface area contributed by atoms with E-state index in [-0.39, 0.29) is 17.6 Å². The second-order valence-electron chi connectivity index (χ2n) is 7.18. The van der Waals surface area contributed by atoms with Crippen LogP contribution in [0.15, 0.2) is 23.0 Å². The molecule has 140 valence electrons. The summed E-state index contributed by atoms with van der Waals surface area (Å²) in [5.41, 5.74) is 0.953. The molecule has 1 aliphatic rings. The van der Waals surface area contributed by atoms with Crippen molar-refractivity contribution in [3.05, 3.63) is 38.9 Å². The molecule has 7 heteroatoms. The highest BCUT2D eigenvalue weighted by Gasteiger charge is 2.18. The molecule has 0 aliphatic carbocycles. The molecule has 0 spiro atoms. The average Bonchev–Trinajstić information content (AvgIpc) is 3.11. The van der Waals surface area contributed by atoms with Crippen molar-refractivity contribution >= 4 is 29.0 Å². The molecular formula is C19H25N3O3S. The van der Waals surface area contributed by atoms with Gasteiger partial charge < -0.3 is 15.0 Å². The van der Waals surface area contributed by atoms with Gasteiger partial charge in [-0.3, -0.25) is 14.2 Å². The molecule has 1 fully saturated rings. The normalized spacial score (nSPS) is 17.1. The molecule has 2 heterocycles. The van der Waals surface area contributed by atoms with Gasteiger partial charge in [0, 0.05) is 18.7 Å². The molecule has 0 radical (unpaired) electrons. The van der Waals surface area contributed by atoms with Crippen LogP contribution < -0.4 is 10.9 Å². The molecule has 2 N–H and O–H groups in total. The van der Waals surface area contributed by atoms with Crippen molar-refractivity contribution in [3.8, 4) is 0 Å². The monoisotopic (exact) mass is 375 g/mol. The van der Waals surface area contributed by atoms with Gasteiger partial charge in [0.25, 0.3) is 11.5 Å². The van der Waals surface area contributed by atoms with Gasteiger partial charge in [-0.2, -0.15) is 0 Å². The number of fused-ring (bicyclic) bond motifs is 1. The van der Waals surface area contributed by atoms with Crippen LogP contribution in [-0.2, 0) is 11.3 Å². The topological polar surface area (TPSA) is 76.1 Å². The Kier molecular flexibility index (Phi) is 5.88. The zero-order chi connectivity index (χ0) is 18.7. The average molecular weight is 375 g/mol. The van der Waals surface area contributed by atoms with Gasteiger partial charge in [0.2, 0.25) is 0 Å². The number of H-pyrrole nitrogens is 1. The van der Waals surface area contributed by atoms with Crippen molar-refractivity contribution in [2.75, 3.05) is 13.2 Å². The number of benzene rings is 1. The zero-order valence-corrected chi connectivity index (χ0v) is 16.0. The Bertz CT molecular complexity index is 910. The molecule has 0 unspecified atom stereocenters. The summed E-state index contributed by atoms with van der Waals surface area (Å²) in [4.78, 5) is 28.2. The molecular weight excluding hydrogens is 350 g/mol. The van der Waals surface area contributed by atoms with Crippen LogP contribution in [-0.4, -0.2) is 34.7 Å². The van der Waals surface area contributed by atoms with E-state index in [1.54, 1.807) is 22.8 Å². The van der Waals surface area contributed by atoms with Crippen molar-refractivity contribution in [2.45, 2.75) is 45.8 Å². The van der Waals surface area contributed by atoms with Crippen molar-refractivity contribution in [1.29, 1.82) is 0 Å². The van der Waals surface area contributed by atoms with Crippen LogP contribution in [0, 0.1) is 10.7 Å². The minimum atomic E-state index is -0.147. The lowest BCUT2D eigenvalue weighted by atomic mass is 10.1. The van der Waals surface area contributed by atoms with E-state index in [4.69, 9.17) is 17.0 Å². The molecule has 1 amide bonds. The summed E-state index contributed by atoms with van der Waals surface area (Å²) in [6.45, 7) is 6.06. The SMILES string of the molecule is CC(C)CCNC(=O)c1ccc2c(=O)n(C[C@H]3CCCO3)c(=S)[nH]c2c1. The van der Waals surface area contributed by atoms with Gasteiger partial charge in [-0.05, 0) is 55.6 Å². The van der Waals surface area contributed by atoms with Crippen LogP contribution in [0.2, 0.25) is 0 Å². The molecule has 1 aromatic carbocycles. The van der Waals surface area contributed by atoms with Crippen LogP contribution in [0.1, 0.15) is 43.5 Å². The zero-order valence-electron chi connectivity index (χ0n) is 15.2. The number of hydrogen-bond donors (Lipinski definition) is 2. The summed E-state index contributed by atoms with van der Waals surface area (Å²) >= 11 is 5.36. The van der Waals surface area contributed by atoms with E-state index in [1.807, 2.05) is 0 Å². The van der Waals surface area contributed by atoms with Crippen LogP contribution in [0.5, 0.6) is 0 Å². The van der Waals surface area contributed by atoms with Crippen molar-refractivity contribution < 1.29 is 9.53 Å². The molecule has 26 heavy (non-hydrogen) atoms. The molecule has 1 atom stereocenters. The predicted molar refractivity (Wildman–Crippen MR) is 104 cm³/mol. The summed E-state index contributed by atoms with van der Waals surface area (Å²) in [6.07, 6.45) is 2.91. The minimum absolute atomic E-state index is 0.0336. The van der Waals surface area contributed by atoms with E-state index in [0.29, 0.717) is 40.2 Å². The number of nitrogens with one attached hydrogen (secondary N) is 2. The maximum Gasteiger partial charge on any atom is 0.262 e. The number of carbonyl (C=O) groups is 1. The number of aromatic nitrogens is 2. The highest BCUT2D eigenvalue weighted by atomic mass is 32.1. The number of amides is 1. The lowest BCUT2D eigenvalue weighted by molar-refractivity contribution is 0.0951. The highest BCUT2D eigenvalue weighted by molar-refractivity contribution is 7.71. The van der Waals surface area contributed by atoms with Gasteiger partial charge in [0.1, 0.15) is 0 Å². The van der Waals surface area contributed by atoms with Crippen molar-refractivity contribution in [2.24, 2.45) is 5.92 Å². The molecule has 0 saturated carbocycles. The Balaban J connectivity index is 1.85. The summed E-state index contributed by atoms with van der Waals surface area (Å²) < 4.78 is 7.52. The second-order valence-corrected chi connectivity index (χ2v) is 7.57. The van der Waals surface area contributed by atoms with Crippen LogP contribution >= 0.6 is 12.2 Å². The number of hydrogen-bond acceptors (Lipinski definition) is 4. The largest absolute Gasteiger partial charge is 0.376 e. The minimum Gasteiger partial charge on any atom is -0.376 e. The Hall–Kier alpha value is -1.99. The van der Waals surface area contributed by atoms with Gasteiger partial charge in [-0.1, -0.05) is 13.8 Å². The molecule has 2 aromatic rings. The third kappa shape index (κ3) is 4.22. The van der Waals surface area contributed by atoms with Crippen molar-refractivity contribution in [1.82, 2.24) is 14.9 Å². The molecule has 3 rings (SSSR count). The first-order valence-electron chi connectivity index (χ1n) is 9.12. The number of aromatic amines is 1. The van der Waals surface area contributed by atoms with Gasteiger partial charge in [0.15, 0.2) is 4.77 Å². The van der Waals surface area contributed by atoms with E-state index in [0.717, 1.165) is 25.9 Å². The van der Waals surface area contributed by atoms with Gasteiger partial charge in [0.05, 0.1) is 23.6 Å². The fourth-order valence-electron chi connectivity index (χ4n) is 3.13. The Labute approximate surface area is 157 Å². The number of ether oxygens (including phenoxy) is 1. The van der Waals surface area contributed by atoms with Crippen molar-refractivity contribution in [3.63, 3.8) is 0 Å². The first kappa shape index (κ1) is 18.8. The number of rotatable bonds is 6. The summed E-state index contributed by atoms with van der Waals surface area (Å²) in [5.74, 6) is 0.390. The summed E-state index contributed by atoms with van der Waals surface area (Å²) in [7, 11) is 0. The Morgan fingerprint density at radius 3 is 2.96 bits per heavy atom. The predicted octanol–water partition coefficient (Wildman–Crippen LogP) is 3.01. The fourth-order valence-corrected chi connectivity index (χ4v) is 3.40. The quantitative estimate of drug-likeness (QED) is 0.761. The smallest absolute Gasteiger partial charge is 0.262 e. The first-order chi connectivity index (χ1) is 12.5. The van der Waals surface area contributed by atoms with E-state index in [2.05, 4.69) is 24.1 Å². The maximum absolute atomic E-state index is 12.8. The summed E-state index contributed by atoms with van der Waals surface area (Å²) in [5, 5.41) is 3.43. The molecule has 1 saturated heterocycles. The maximum atomic E-state index is 12.8. The lowest BCUT2D eigenvalue weighted by Crippen LogP contribution is -2.28. The first-order valence-corrected chi connectivity index (χ1v) is 9.53. The second kappa shape index (κ2) is 8.14. The van der Waals surface area contributed by atoms with E-state index < -0.39 is 0 Å². The standard InChI is InChI=1S/C19H25N3O3S/c1-12(2)7-8-20-17(23)13-5-6-15-16(10-13)21-19(26)22(18(15)24)11-14-4-3-9-25-14/h5-6,10,12,14H,3-4,7-9,11H2,1-2H3,(H,20,23)(H,21,26)/t14-/m1/s1. The van der Waals surface area contributed by atoms with E-state index >= 15 is 0 Å². The van der Waals surface area contributed by atoms with Gasteiger partial charge in [-0.25, -0.2) is 0 Å². The van der Waals surface area contributed by atoms with E-state index in [1.165, 1.54) is 0 Å². The van der Waals surface area contributed by atoms with Gasteiger partial charge >= 0.3 is 0 Å². The third-order valence-corrected chi connectivity index (χ3v) is 4.98. The van der Waals surface area contributed by atoms with E-state index in [9.17, 15) is 9.59 Å². The molecule has 6 nitrogen and oxygen atoms in total. The Morgan fingerprint density at radius 1 is 1.46 bits per heavy atom. The Morgan fingerprint density at radius 2 is 2.27 bits per heavy atom. The van der Waals surface area contributed by atoms with Crippen LogP contribution in [0.25, 0.3) is 10.9 Å². The number of carbonyl (C=O) groups excluding carboxylic acids is 1. The fraction of sp³-hybridized carbons (Fsp3) is 0.526. The van der Waals surface area contributed by atoms with Crippen LogP contribution in [0.3, 0.4) is 0 Å². The lowest BCUT2D eigenvalue weighted by Gasteiger charge is -2.13. The molecule has 0 bridgehead atoms. The van der Waals surface area contributed by atoms with Crippen LogP contribution in [0.4, 0.5) is 0 Å². The highest BCUT2D eigenvalue weighted by Crippen LogP contribution is 2.15. The molecule has 1 aromatic heterocycles. The molecule has 1 aliphatic heterocycles. The van der Waals surface area contributed by atoms with Gasteiger partial charge in [-0.15, -0.1) is 0 Å². The number of nitrogens with zero attached hydrogens (tertiary/aromatic N) is 1.